The molecule has 7 heteroatoms. The van der Waals surface area contributed by atoms with E-state index in [1.165, 1.54) is 6.07 Å². The van der Waals surface area contributed by atoms with Crippen LogP contribution >= 0.6 is 11.6 Å². The first-order valence-electron chi connectivity index (χ1n) is 6.81. The molecule has 0 unspecified atom stereocenters. The van der Waals surface area contributed by atoms with Crippen molar-refractivity contribution in [2.45, 2.75) is 26.9 Å². The van der Waals surface area contributed by atoms with Gasteiger partial charge in [-0.2, -0.15) is 0 Å². The van der Waals surface area contributed by atoms with Gasteiger partial charge in [-0.25, -0.2) is 9.37 Å². The number of aromatic nitrogens is 1. The molecule has 0 fully saturated rings. The van der Waals surface area contributed by atoms with Crippen molar-refractivity contribution in [2.24, 2.45) is 4.99 Å². The Morgan fingerprint density at radius 2 is 2.05 bits per heavy atom. The lowest BCUT2D eigenvalue weighted by molar-refractivity contribution is 0.463. The van der Waals surface area contributed by atoms with Crippen molar-refractivity contribution in [3.05, 3.63) is 51.9 Å². The van der Waals surface area contributed by atoms with Crippen LogP contribution in [0.2, 0.25) is 5.02 Å². The molecule has 118 valence electrons. The fourth-order valence-corrected chi connectivity index (χ4v) is 2.03. The number of hydrogen-bond acceptors (Lipinski definition) is 3. The van der Waals surface area contributed by atoms with Gasteiger partial charge in [-0.3, -0.25) is 4.99 Å². The number of benzene rings is 1. The highest BCUT2D eigenvalue weighted by Gasteiger charge is 2.07. The largest absolute Gasteiger partial charge is 0.444 e. The summed E-state index contributed by atoms with van der Waals surface area (Å²) in [6.45, 7) is 4.67. The maximum Gasteiger partial charge on any atom is 0.214 e. The van der Waals surface area contributed by atoms with E-state index in [4.69, 9.17) is 16.0 Å². The van der Waals surface area contributed by atoms with Gasteiger partial charge < -0.3 is 15.1 Å². The third kappa shape index (κ3) is 4.21. The second kappa shape index (κ2) is 7.26. The molecule has 0 bridgehead atoms. The summed E-state index contributed by atoms with van der Waals surface area (Å²) in [6, 6.07) is 4.59. The van der Waals surface area contributed by atoms with Crippen LogP contribution in [-0.4, -0.2) is 18.0 Å². The maximum absolute atomic E-state index is 13.1. The predicted octanol–water partition coefficient (Wildman–Crippen LogP) is 2.95. The van der Waals surface area contributed by atoms with Crippen LogP contribution in [0.15, 0.2) is 27.6 Å². The second-order valence-electron chi connectivity index (χ2n) is 4.78. The molecule has 0 saturated heterocycles. The van der Waals surface area contributed by atoms with E-state index in [0.29, 0.717) is 24.9 Å². The molecule has 2 N–H and O–H groups in total. The number of oxazole rings is 1. The Morgan fingerprint density at radius 1 is 1.32 bits per heavy atom. The van der Waals surface area contributed by atoms with Gasteiger partial charge in [0.1, 0.15) is 11.6 Å². The SMILES string of the molecule is CN=C(NCc1ccc(F)c(Cl)c1)NCc1nc(C)c(C)o1. The van der Waals surface area contributed by atoms with Crippen LogP contribution in [0.25, 0.3) is 0 Å². The quantitative estimate of drug-likeness (QED) is 0.670. The van der Waals surface area contributed by atoms with Crippen LogP contribution in [0, 0.1) is 19.7 Å². The van der Waals surface area contributed by atoms with E-state index in [9.17, 15) is 4.39 Å². The van der Waals surface area contributed by atoms with E-state index < -0.39 is 5.82 Å². The Kier molecular flexibility index (Phi) is 5.38. The summed E-state index contributed by atoms with van der Waals surface area (Å²) in [5, 5.41) is 6.32. The van der Waals surface area contributed by atoms with E-state index in [0.717, 1.165) is 17.0 Å². The molecule has 1 heterocycles. The second-order valence-corrected chi connectivity index (χ2v) is 5.18. The Hall–Kier alpha value is -2.08. The molecule has 2 aromatic rings. The summed E-state index contributed by atoms with van der Waals surface area (Å²) in [5.74, 6) is 1.57. The number of halogens is 2. The predicted molar refractivity (Wildman–Crippen MR) is 84.4 cm³/mol. The summed E-state index contributed by atoms with van der Waals surface area (Å²) in [5.41, 5.74) is 1.73. The minimum atomic E-state index is -0.428. The normalized spacial score (nSPS) is 11.6. The van der Waals surface area contributed by atoms with E-state index in [2.05, 4.69) is 20.6 Å². The van der Waals surface area contributed by atoms with Gasteiger partial charge in [0.25, 0.3) is 0 Å². The molecule has 0 aliphatic heterocycles. The Balaban J connectivity index is 1.88. The third-order valence-corrected chi connectivity index (χ3v) is 3.44. The van der Waals surface area contributed by atoms with Gasteiger partial charge in [-0.05, 0) is 31.5 Å². The van der Waals surface area contributed by atoms with Gasteiger partial charge in [0.15, 0.2) is 5.96 Å². The Morgan fingerprint density at radius 3 is 2.64 bits per heavy atom. The average Bonchev–Trinajstić information content (AvgIpc) is 2.81. The lowest BCUT2D eigenvalue weighted by Gasteiger charge is -2.11. The third-order valence-electron chi connectivity index (χ3n) is 3.15. The molecule has 1 aromatic heterocycles. The molecule has 0 saturated carbocycles. The number of aliphatic imine (C=N–C) groups is 1. The molecule has 0 atom stereocenters. The first-order valence-corrected chi connectivity index (χ1v) is 7.18. The summed E-state index contributed by atoms with van der Waals surface area (Å²) < 4.78 is 18.6. The molecule has 0 aliphatic rings. The van der Waals surface area contributed by atoms with Gasteiger partial charge in [0.2, 0.25) is 5.89 Å². The summed E-state index contributed by atoms with van der Waals surface area (Å²) >= 11 is 5.75. The Bertz CT molecular complexity index is 665. The molecule has 2 rings (SSSR count). The summed E-state index contributed by atoms with van der Waals surface area (Å²) in [6.07, 6.45) is 0. The van der Waals surface area contributed by atoms with Crippen molar-refractivity contribution in [2.75, 3.05) is 7.05 Å². The topological polar surface area (TPSA) is 62.5 Å². The van der Waals surface area contributed by atoms with Gasteiger partial charge in [-0.15, -0.1) is 0 Å². The number of guanidine groups is 1. The molecule has 22 heavy (non-hydrogen) atoms. The molecular formula is C15H18ClFN4O. The highest BCUT2D eigenvalue weighted by atomic mass is 35.5. The van der Waals surface area contributed by atoms with E-state index >= 15 is 0 Å². The molecule has 0 spiro atoms. The summed E-state index contributed by atoms with van der Waals surface area (Å²) in [4.78, 5) is 8.39. The van der Waals surface area contributed by atoms with Gasteiger partial charge in [0, 0.05) is 13.6 Å². The lowest BCUT2D eigenvalue weighted by Crippen LogP contribution is -2.36. The Labute approximate surface area is 133 Å². The first kappa shape index (κ1) is 16.3. The molecule has 1 aromatic carbocycles. The van der Waals surface area contributed by atoms with Crippen LogP contribution < -0.4 is 10.6 Å². The van der Waals surface area contributed by atoms with Crippen molar-refractivity contribution in [1.82, 2.24) is 15.6 Å². The smallest absolute Gasteiger partial charge is 0.214 e. The molecule has 0 amide bonds. The average molecular weight is 325 g/mol. The standard InChI is InChI=1S/C15H18ClFN4O/c1-9-10(2)22-14(21-9)8-20-15(18-3)19-7-11-4-5-13(17)12(16)6-11/h4-6H,7-8H2,1-3H3,(H2,18,19,20). The van der Waals surface area contributed by atoms with Crippen LogP contribution in [-0.2, 0) is 13.1 Å². The van der Waals surface area contributed by atoms with Gasteiger partial charge >= 0.3 is 0 Å². The molecule has 0 radical (unpaired) electrons. The first-order chi connectivity index (χ1) is 10.5. The minimum Gasteiger partial charge on any atom is -0.444 e. The number of nitrogens with zero attached hydrogens (tertiary/aromatic N) is 2. The van der Waals surface area contributed by atoms with E-state index in [1.807, 2.05) is 13.8 Å². The van der Waals surface area contributed by atoms with Crippen molar-refractivity contribution >= 4 is 17.6 Å². The zero-order valence-electron chi connectivity index (χ0n) is 12.7. The number of hydrogen-bond donors (Lipinski definition) is 2. The molecule has 5 nitrogen and oxygen atoms in total. The highest BCUT2D eigenvalue weighted by molar-refractivity contribution is 6.30. The monoisotopic (exact) mass is 324 g/mol. The van der Waals surface area contributed by atoms with E-state index in [1.54, 1.807) is 19.2 Å². The van der Waals surface area contributed by atoms with Crippen molar-refractivity contribution in [3.8, 4) is 0 Å². The van der Waals surface area contributed by atoms with Gasteiger partial charge in [0.05, 0.1) is 17.3 Å². The van der Waals surface area contributed by atoms with Gasteiger partial charge in [-0.1, -0.05) is 17.7 Å². The van der Waals surface area contributed by atoms with Crippen LogP contribution in [0.1, 0.15) is 22.9 Å². The number of aryl methyl sites for hydroxylation is 2. The van der Waals surface area contributed by atoms with Crippen LogP contribution in [0.4, 0.5) is 4.39 Å². The zero-order chi connectivity index (χ0) is 16.1. The van der Waals surface area contributed by atoms with Crippen molar-refractivity contribution in [3.63, 3.8) is 0 Å². The number of rotatable bonds is 4. The fraction of sp³-hybridized carbons (Fsp3) is 0.333. The van der Waals surface area contributed by atoms with E-state index in [-0.39, 0.29) is 5.02 Å². The van der Waals surface area contributed by atoms with Crippen molar-refractivity contribution in [1.29, 1.82) is 0 Å². The molecule has 0 aliphatic carbocycles. The lowest BCUT2D eigenvalue weighted by atomic mass is 10.2. The summed E-state index contributed by atoms with van der Waals surface area (Å²) in [7, 11) is 1.67. The van der Waals surface area contributed by atoms with Crippen molar-refractivity contribution < 1.29 is 8.81 Å². The van der Waals surface area contributed by atoms with Crippen LogP contribution in [0.5, 0.6) is 0 Å². The van der Waals surface area contributed by atoms with Crippen LogP contribution in [0.3, 0.4) is 0 Å². The highest BCUT2D eigenvalue weighted by Crippen LogP contribution is 2.15. The fourth-order valence-electron chi connectivity index (χ4n) is 1.83. The minimum absolute atomic E-state index is 0.105. The molecular weight excluding hydrogens is 307 g/mol. The zero-order valence-corrected chi connectivity index (χ0v) is 13.5. The maximum atomic E-state index is 13.1. The number of nitrogens with one attached hydrogen (secondary N) is 2.